The predicted octanol–water partition coefficient (Wildman–Crippen LogP) is 2.01. The zero-order valence-electron chi connectivity index (χ0n) is 8.96. The minimum absolute atomic E-state index is 0.161. The monoisotopic (exact) mass is 224 g/mol. The van der Waals surface area contributed by atoms with Crippen LogP contribution in [0.2, 0.25) is 19.6 Å². The molecule has 0 aliphatic carbocycles. The van der Waals surface area contributed by atoms with E-state index in [4.69, 9.17) is 4.18 Å². The molecule has 0 aromatic rings. The van der Waals surface area contributed by atoms with Crippen molar-refractivity contribution < 1.29 is 12.6 Å². The number of hydrogen-bond acceptors (Lipinski definition) is 3. The van der Waals surface area contributed by atoms with Gasteiger partial charge in [-0.05, 0) is 6.42 Å². The molecule has 0 bridgehead atoms. The Bertz CT molecular complexity index is 228. The Hall–Kier alpha value is 0.127. The lowest BCUT2D eigenvalue weighted by molar-refractivity contribution is 0.368. The molecule has 0 fully saturated rings. The van der Waals surface area contributed by atoms with Crippen LogP contribution in [0.15, 0.2) is 0 Å². The summed E-state index contributed by atoms with van der Waals surface area (Å²) in [5.41, 5.74) is 0. The van der Waals surface area contributed by atoms with Crippen molar-refractivity contribution in [3.05, 3.63) is 0 Å². The van der Waals surface area contributed by atoms with E-state index in [9.17, 15) is 8.42 Å². The van der Waals surface area contributed by atoms with Crippen molar-refractivity contribution >= 4 is 18.2 Å². The van der Waals surface area contributed by atoms with Crippen molar-refractivity contribution in [2.24, 2.45) is 0 Å². The molecular weight excluding hydrogens is 204 g/mol. The molecule has 0 saturated carbocycles. The molecule has 0 atom stereocenters. The second kappa shape index (κ2) is 5.12. The average Bonchev–Trinajstić information content (AvgIpc) is 1.97. The summed E-state index contributed by atoms with van der Waals surface area (Å²) in [6, 6.07) is 0. The highest BCUT2D eigenvalue weighted by atomic mass is 32.2. The highest BCUT2D eigenvalue weighted by molar-refractivity contribution is 7.86. The van der Waals surface area contributed by atoms with Gasteiger partial charge in [-0.15, -0.1) is 0 Å². The molecule has 0 saturated heterocycles. The van der Waals surface area contributed by atoms with Gasteiger partial charge in [0, 0.05) is 0 Å². The average molecular weight is 224 g/mol. The van der Waals surface area contributed by atoms with Gasteiger partial charge in [0.2, 0.25) is 0 Å². The molecule has 0 aliphatic heterocycles. The SMILES string of the molecule is CCCCS(=O)(=O)OC[Si](C)(C)C. The first-order valence-corrected chi connectivity index (χ1v) is 9.92. The van der Waals surface area contributed by atoms with E-state index in [2.05, 4.69) is 19.6 Å². The van der Waals surface area contributed by atoms with Crippen LogP contribution < -0.4 is 0 Å². The van der Waals surface area contributed by atoms with E-state index in [0.29, 0.717) is 12.7 Å². The first-order chi connectivity index (χ1) is 5.77. The maximum absolute atomic E-state index is 11.2. The molecule has 3 nitrogen and oxygen atoms in total. The first kappa shape index (κ1) is 13.1. The van der Waals surface area contributed by atoms with Gasteiger partial charge in [0.15, 0.2) is 0 Å². The van der Waals surface area contributed by atoms with Crippen LogP contribution in [-0.4, -0.2) is 28.5 Å². The van der Waals surface area contributed by atoms with Crippen LogP contribution in [-0.2, 0) is 14.3 Å². The summed E-state index contributed by atoms with van der Waals surface area (Å²) in [5, 5.41) is 0. The van der Waals surface area contributed by atoms with E-state index >= 15 is 0 Å². The van der Waals surface area contributed by atoms with Crippen LogP contribution in [0.3, 0.4) is 0 Å². The second-order valence-electron chi connectivity index (χ2n) is 4.44. The Balaban J connectivity index is 3.91. The van der Waals surface area contributed by atoms with Gasteiger partial charge in [-0.2, -0.15) is 8.42 Å². The Morgan fingerprint density at radius 1 is 1.23 bits per heavy atom. The topological polar surface area (TPSA) is 43.4 Å². The van der Waals surface area contributed by atoms with Crippen molar-refractivity contribution in [3.63, 3.8) is 0 Å². The summed E-state index contributed by atoms with van der Waals surface area (Å²) < 4.78 is 27.4. The smallest absolute Gasteiger partial charge is 0.267 e. The van der Waals surface area contributed by atoms with Crippen molar-refractivity contribution in [2.75, 3.05) is 12.0 Å². The largest absolute Gasteiger partial charge is 0.274 e. The summed E-state index contributed by atoms with van der Waals surface area (Å²) in [7, 11) is -4.65. The molecule has 0 aromatic heterocycles. The molecule has 80 valence electrons. The van der Waals surface area contributed by atoms with Gasteiger partial charge in [-0.3, -0.25) is 4.18 Å². The summed E-state index contributed by atoms with van der Waals surface area (Å²) in [6.45, 7) is 8.22. The van der Waals surface area contributed by atoms with E-state index in [0.717, 1.165) is 6.42 Å². The van der Waals surface area contributed by atoms with Crippen LogP contribution in [0.5, 0.6) is 0 Å². The molecule has 5 heteroatoms. The lowest BCUT2D eigenvalue weighted by Gasteiger charge is -2.15. The van der Waals surface area contributed by atoms with E-state index in [1.165, 1.54) is 0 Å². The minimum atomic E-state index is -3.24. The molecule has 0 unspecified atom stereocenters. The van der Waals surface area contributed by atoms with E-state index < -0.39 is 18.2 Å². The maximum Gasteiger partial charge on any atom is 0.267 e. The standard InChI is InChI=1S/C8H20O3SSi/c1-5-6-7-12(9,10)11-8-13(2,3)4/h5-8H2,1-4H3. The molecule has 0 aromatic carbocycles. The molecular formula is C8H20O3SSi. The molecule has 0 rings (SSSR count). The van der Waals surface area contributed by atoms with Gasteiger partial charge in [-0.1, -0.05) is 33.0 Å². The van der Waals surface area contributed by atoms with Crippen molar-refractivity contribution in [1.82, 2.24) is 0 Å². The number of hydrogen-bond donors (Lipinski definition) is 0. The van der Waals surface area contributed by atoms with E-state index in [1.54, 1.807) is 0 Å². The third kappa shape index (κ3) is 8.46. The number of rotatable bonds is 6. The molecule has 13 heavy (non-hydrogen) atoms. The predicted molar refractivity (Wildman–Crippen MR) is 58.0 cm³/mol. The second-order valence-corrected chi connectivity index (χ2v) is 11.6. The van der Waals surface area contributed by atoms with Crippen LogP contribution in [0.25, 0.3) is 0 Å². The molecule has 0 amide bonds. The molecule has 0 spiro atoms. The van der Waals surface area contributed by atoms with Gasteiger partial charge >= 0.3 is 0 Å². The van der Waals surface area contributed by atoms with E-state index in [1.807, 2.05) is 6.92 Å². The summed E-state index contributed by atoms with van der Waals surface area (Å²) >= 11 is 0. The summed E-state index contributed by atoms with van der Waals surface area (Å²) in [4.78, 5) is 0. The van der Waals surface area contributed by atoms with Crippen LogP contribution >= 0.6 is 0 Å². The van der Waals surface area contributed by atoms with Crippen molar-refractivity contribution in [1.29, 1.82) is 0 Å². The lowest BCUT2D eigenvalue weighted by atomic mass is 10.4. The minimum Gasteiger partial charge on any atom is -0.274 e. The molecule has 0 heterocycles. The third-order valence-corrected chi connectivity index (χ3v) is 3.90. The van der Waals surface area contributed by atoms with Gasteiger partial charge in [0.1, 0.15) is 0 Å². The Labute approximate surface area is 82.6 Å². The Kier molecular flexibility index (Phi) is 5.17. The van der Waals surface area contributed by atoms with Gasteiger partial charge in [-0.25, -0.2) is 0 Å². The molecule has 0 N–H and O–H groups in total. The Morgan fingerprint density at radius 3 is 2.15 bits per heavy atom. The van der Waals surface area contributed by atoms with Crippen LogP contribution in [0.1, 0.15) is 19.8 Å². The fourth-order valence-corrected chi connectivity index (χ4v) is 3.54. The lowest BCUT2D eigenvalue weighted by Crippen LogP contribution is -2.30. The summed E-state index contributed by atoms with van der Waals surface area (Å²) in [6.07, 6.45) is 1.97. The zero-order chi connectivity index (χ0) is 10.5. The maximum atomic E-state index is 11.2. The van der Waals surface area contributed by atoms with E-state index in [-0.39, 0.29) is 5.75 Å². The van der Waals surface area contributed by atoms with Crippen LogP contribution in [0.4, 0.5) is 0 Å². The summed E-state index contributed by atoms with van der Waals surface area (Å²) in [5.74, 6) is 0.161. The number of unbranched alkanes of at least 4 members (excludes halogenated alkanes) is 1. The normalized spacial score (nSPS) is 13.2. The fourth-order valence-electron chi connectivity index (χ4n) is 0.647. The first-order valence-electron chi connectivity index (χ1n) is 4.64. The highest BCUT2D eigenvalue weighted by Crippen LogP contribution is 2.05. The third-order valence-electron chi connectivity index (χ3n) is 1.42. The van der Waals surface area contributed by atoms with Crippen molar-refractivity contribution in [2.45, 2.75) is 39.4 Å². The fraction of sp³-hybridized carbons (Fsp3) is 1.00. The molecule has 0 radical (unpaired) electrons. The van der Waals surface area contributed by atoms with Gasteiger partial charge in [0.05, 0.1) is 20.1 Å². The highest BCUT2D eigenvalue weighted by Gasteiger charge is 2.18. The van der Waals surface area contributed by atoms with Gasteiger partial charge < -0.3 is 0 Å². The van der Waals surface area contributed by atoms with Gasteiger partial charge in [0.25, 0.3) is 10.1 Å². The molecule has 0 aliphatic rings. The zero-order valence-corrected chi connectivity index (χ0v) is 10.8. The van der Waals surface area contributed by atoms with Crippen molar-refractivity contribution in [3.8, 4) is 0 Å². The Morgan fingerprint density at radius 2 is 1.77 bits per heavy atom. The van der Waals surface area contributed by atoms with Crippen LogP contribution in [0, 0.1) is 0 Å². The quantitative estimate of drug-likeness (QED) is 0.512.